The minimum Gasteiger partial charge on any atom is -0.379 e. The third-order valence-electron chi connectivity index (χ3n) is 3.80. The lowest BCUT2D eigenvalue weighted by molar-refractivity contribution is 0.0730. The number of pyridine rings is 1. The average molecular weight is 400 g/mol. The molecule has 0 bridgehead atoms. The Morgan fingerprint density at radius 1 is 1.27 bits per heavy atom. The topological polar surface area (TPSA) is 88.6 Å². The van der Waals surface area contributed by atoms with E-state index >= 15 is 0 Å². The fourth-order valence-corrected chi connectivity index (χ4v) is 4.05. The van der Waals surface area contributed by atoms with Crippen molar-refractivity contribution in [2.24, 2.45) is 0 Å². The van der Waals surface area contributed by atoms with Gasteiger partial charge in [0.25, 0.3) is 5.91 Å². The monoisotopic (exact) mass is 399 g/mol. The highest BCUT2D eigenvalue weighted by Gasteiger charge is 2.28. The van der Waals surface area contributed by atoms with Crippen LogP contribution in [0, 0.1) is 5.82 Å². The van der Waals surface area contributed by atoms with E-state index in [9.17, 15) is 17.6 Å². The van der Waals surface area contributed by atoms with Gasteiger partial charge >= 0.3 is 0 Å². The number of nitrogens with one attached hydrogen (secondary N) is 1. The Labute approximate surface area is 154 Å². The van der Waals surface area contributed by atoms with Crippen molar-refractivity contribution in [2.75, 3.05) is 31.6 Å². The minimum atomic E-state index is -3.85. The smallest absolute Gasteiger partial charge is 0.258 e. The molecule has 2 aromatic rings. The normalized spacial score (nSPS) is 15.6. The van der Waals surface area contributed by atoms with Crippen LogP contribution in [0.25, 0.3) is 0 Å². The number of halogens is 2. The van der Waals surface area contributed by atoms with Gasteiger partial charge in [0.1, 0.15) is 5.82 Å². The maximum absolute atomic E-state index is 14.1. The summed E-state index contributed by atoms with van der Waals surface area (Å²) in [6.45, 7) is 0.972. The number of carbonyl (C=O) groups is 1. The molecule has 138 valence electrons. The van der Waals surface area contributed by atoms with Gasteiger partial charge in [-0.3, -0.25) is 4.79 Å². The summed E-state index contributed by atoms with van der Waals surface area (Å²) in [6, 6.07) is 6.15. The van der Waals surface area contributed by atoms with E-state index in [1.165, 1.54) is 16.6 Å². The molecule has 0 radical (unpaired) electrons. The van der Waals surface area contributed by atoms with Crippen LogP contribution in [0.2, 0.25) is 5.15 Å². The Morgan fingerprint density at radius 2 is 2.00 bits per heavy atom. The maximum atomic E-state index is 14.1. The molecule has 1 aliphatic heterocycles. The summed E-state index contributed by atoms with van der Waals surface area (Å²) in [4.78, 5) is 16.0. The van der Waals surface area contributed by atoms with Gasteiger partial charge in [-0.25, -0.2) is 17.8 Å². The largest absolute Gasteiger partial charge is 0.379 e. The van der Waals surface area contributed by atoms with Crippen LogP contribution in [0.1, 0.15) is 10.4 Å². The lowest BCUT2D eigenvalue weighted by Gasteiger charge is -2.26. The lowest BCUT2D eigenvalue weighted by Crippen LogP contribution is -2.40. The molecule has 1 saturated heterocycles. The van der Waals surface area contributed by atoms with Crippen molar-refractivity contribution in [1.29, 1.82) is 0 Å². The fraction of sp³-hybridized carbons (Fsp3) is 0.250. The molecule has 7 nitrogen and oxygen atoms in total. The van der Waals surface area contributed by atoms with Crippen LogP contribution in [0.5, 0.6) is 0 Å². The van der Waals surface area contributed by atoms with Crippen LogP contribution in [0.4, 0.5) is 10.1 Å². The van der Waals surface area contributed by atoms with Crippen LogP contribution in [0.15, 0.2) is 41.4 Å². The van der Waals surface area contributed by atoms with Gasteiger partial charge in [-0.1, -0.05) is 11.6 Å². The minimum absolute atomic E-state index is 0.0401. The number of amides is 1. The molecule has 2 heterocycles. The number of rotatable bonds is 4. The van der Waals surface area contributed by atoms with Crippen molar-refractivity contribution >= 4 is 33.2 Å². The van der Waals surface area contributed by atoms with Crippen molar-refractivity contribution in [2.45, 2.75) is 4.90 Å². The first-order valence-electron chi connectivity index (χ1n) is 7.69. The summed E-state index contributed by atoms with van der Waals surface area (Å²) < 4.78 is 45.8. The zero-order valence-corrected chi connectivity index (χ0v) is 15.1. The van der Waals surface area contributed by atoms with Crippen molar-refractivity contribution in [1.82, 2.24) is 9.29 Å². The first-order chi connectivity index (χ1) is 12.4. The maximum Gasteiger partial charge on any atom is 0.258 e. The second-order valence-electron chi connectivity index (χ2n) is 5.45. The van der Waals surface area contributed by atoms with Gasteiger partial charge in [-0.15, -0.1) is 0 Å². The molecular formula is C16H15ClFN3O4S. The molecule has 0 aliphatic carbocycles. The van der Waals surface area contributed by atoms with Crippen LogP contribution >= 0.6 is 11.6 Å². The molecule has 1 amide bonds. The molecule has 0 saturated carbocycles. The number of sulfonamides is 1. The van der Waals surface area contributed by atoms with Gasteiger partial charge in [-0.05, 0) is 30.3 Å². The van der Waals surface area contributed by atoms with E-state index in [-0.39, 0.29) is 42.0 Å². The quantitative estimate of drug-likeness (QED) is 0.796. The van der Waals surface area contributed by atoms with Gasteiger partial charge in [0, 0.05) is 19.3 Å². The number of nitrogens with zero attached hydrogens (tertiary/aromatic N) is 2. The predicted molar refractivity (Wildman–Crippen MR) is 93.2 cm³/mol. The molecule has 1 fully saturated rings. The van der Waals surface area contributed by atoms with Gasteiger partial charge in [0.2, 0.25) is 10.0 Å². The Bertz CT molecular complexity index is 933. The van der Waals surface area contributed by atoms with E-state index in [0.29, 0.717) is 0 Å². The SMILES string of the molecule is O=C(Nc1cccnc1Cl)c1cc(S(=O)(=O)N2CCOCC2)ccc1F. The highest BCUT2D eigenvalue weighted by Crippen LogP contribution is 2.23. The second-order valence-corrected chi connectivity index (χ2v) is 7.75. The Kier molecular flexibility index (Phi) is 5.52. The number of carbonyl (C=O) groups excluding carboxylic acids is 1. The van der Waals surface area contributed by atoms with Gasteiger partial charge in [-0.2, -0.15) is 4.31 Å². The molecule has 0 spiro atoms. The molecule has 26 heavy (non-hydrogen) atoms. The Morgan fingerprint density at radius 3 is 2.69 bits per heavy atom. The molecule has 1 aromatic heterocycles. The second kappa shape index (κ2) is 7.67. The number of ether oxygens (including phenoxy) is 1. The summed E-state index contributed by atoms with van der Waals surface area (Å²) in [7, 11) is -3.85. The number of hydrogen-bond donors (Lipinski definition) is 1. The zero-order valence-electron chi connectivity index (χ0n) is 13.5. The molecule has 1 aliphatic rings. The average Bonchev–Trinajstić information content (AvgIpc) is 2.64. The van der Waals surface area contributed by atoms with Crippen LogP contribution in [-0.4, -0.2) is 49.9 Å². The van der Waals surface area contributed by atoms with Crippen LogP contribution in [-0.2, 0) is 14.8 Å². The molecular weight excluding hydrogens is 385 g/mol. The highest BCUT2D eigenvalue weighted by atomic mass is 35.5. The van der Waals surface area contributed by atoms with Crippen molar-refractivity contribution < 1.29 is 22.3 Å². The molecule has 3 rings (SSSR count). The van der Waals surface area contributed by atoms with E-state index in [1.807, 2.05) is 0 Å². The van der Waals surface area contributed by atoms with E-state index in [4.69, 9.17) is 16.3 Å². The summed E-state index contributed by atoms with van der Waals surface area (Å²) >= 11 is 5.87. The molecule has 1 aromatic carbocycles. The fourth-order valence-electron chi connectivity index (χ4n) is 2.44. The summed E-state index contributed by atoms with van der Waals surface area (Å²) in [6.07, 6.45) is 1.44. The van der Waals surface area contributed by atoms with Crippen LogP contribution < -0.4 is 5.32 Å². The molecule has 0 unspecified atom stereocenters. The number of morpholine rings is 1. The van der Waals surface area contributed by atoms with Gasteiger partial charge in [0.05, 0.1) is 29.4 Å². The first-order valence-corrected chi connectivity index (χ1v) is 9.51. The third kappa shape index (κ3) is 3.85. The number of anilines is 1. The summed E-state index contributed by atoms with van der Waals surface area (Å²) in [5.41, 5.74) is -0.209. The standard InChI is InChI=1S/C16H15ClFN3O4S/c17-15-14(2-1-5-19-15)20-16(22)12-10-11(3-4-13(12)18)26(23,24)21-6-8-25-9-7-21/h1-5,10H,6-9H2,(H,20,22). The zero-order chi connectivity index (χ0) is 18.7. The van der Waals surface area contributed by atoms with E-state index < -0.39 is 27.3 Å². The van der Waals surface area contributed by atoms with Crippen molar-refractivity contribution in [3.05, 3.63) is 53.1 Å². The van der Waals surface area contributed by atoms with Gasteiger partial charge < -0.3 is 10.1 Å². The van der Waals surface area contributed by atoms with Crippen LogP contribution in [0.3, 0.4) is 0 Å². The Hall–Kier alpha value is -2.07. The van der Waals surface area contributed by atoms with Crippen molar-refractivity contribution in [3.8, 4) is 0 Å². The predicted octanol–water partition coefficient (Wildman–Crippen LogP) is 2.15. The molecule has 10 heteroatoms. The van der Waals surface area contributed by atoms with E-state index in [2.05, 4.69) is 10.3 Å². The number of aromatic nitrogens is 1. The summed E-state index contributed by atoms with van der Waals surface area (Å²) in [5.74, 6) is -1.67. The highest BCUT2D eigenvalue weighted by molar-refractivity contribution is 7.89. The van der Waals surface area contributed by atoms with Gasteiger partial charge in [0.15, 0.2) is 5.15 Å². The first kappa shape index (κ1) is 18.7. The lowest BCUT2D eigenvalue weighted by atomic mass is 10.2. The Balaban J connectivity index is 1.90. The molecule has 0 atom stereocenters. The number of hydrogen-bond acceptors (Lipinski definition) is 5. The van der Waals surface area contributed by atoms with E-state index in [1.54, 1.807) is 6.07 Å². The third-order valence-corrected chi connectivity index (χ3v) is 5.99. The number of benzene rings is 1. The van der Waals surface area contributed by atoms with Crippen molar-refractivity contribution in [3.63, 3.8) is 0 Å². The molecule has 1 N–H and O–H groups in total. The van der Waals surface area contributed by atoms with E-state index in [0.717, 1.165) is 18.2 Å². The summed E-state index contributed by atoms with van der Waals surface area (Å²) in [5, 5.41) is 2.46.